The van der Waals surface area contributed by atoms with E-state index in [-0.39, 0.29) is 18.4 Å². The summed E-state index contributed by atoms with van der Waals surface area (Å²) in [6.07, 6.45) is 4.47. The van der Waals surface area contributed by atoms with Crippen molar-refractivity contribution in [2.45, 2.75) is 90.5 Å². The third-order valence-electron chi connectivity index (χ3n) is 6.66. The van der Waals surface area contributed by atoms with Gasteiger partial charge >= 0.3 is 0 Å². The number of primary amides is 1. The molecule has 1 aromatic carbocycles. The Morgan fingerprint density at radius 1 is 1.19 bits per heavy atom. The quantitative estimate of drug-likeness (QED) is 0.0745. The second-order valence-electron chi connectivity index (χ2n) is 9.67. The van der Waals surface area contributed by atoms with Crippen LogP contribution >= 0.6 is 11.8 Å². The van der Waals surface area contributed by atoms with E-state index in [0.717, 1.165) is 74.9 Å². The molecule has 0 saturated carbocycles. The van der Waals surface area contributed by atoms with Crippen LogP contribution in [0.3, 0.4) is 0 Å². The minimum absolute atomic E-state index is 0.144. The second kappa shape index (κ2) is 30.9. The average molecular weight is 624 g/mol. The van der Waals surface area contributed by atoms with E-state index >= 15 is 0 Å². The van der Waals surface area contributed by atoms with Crippen LogP contribution in [0.2, 0.25) is 0 Å². The molecular weight excluding hydrogens is 562 g/mol. The van der Waals surface area contributed by atoms with Crippen LogP contribution in [0.25, 0.3) is 0 Å². The fourth-order valence-corrected chi connectivity index (χ4v) is 5.43. The van der Waals surface area contributed by atoms with Gasteiger partial charge in [0.05, 0.1) is 5.69 Å². The number of nitrogens with two attached hydrogens (primary N) is 2. The van der Waals surface area contributed by atoms with Crippen molar-refractivity contribution in [2.24, 2.45) is 22.4 Å². The second-order valence-corrected chi connectivity index (χ2v) is 10.8. The summed E-state index contributed by atoms with van der Waals surface area (Å²) in [7, 11) is 1.50. The van der Waals surface area contributed by atoms with E-state index in [9.17, 15) is 4.79 Å². The van der Waals surface area contributed by atoms with Gasteiger partial charge in [-0.2, -0.15) is 0 Å². The number of benzene rings is 1. The molecule has 0 bridgehead atoms. The number of nitrogens with zero attached hydrogens (tertiary/aromatic N) is 2. The van der Waals surface area contributed by atoms with E-state index in [4.69, 9.17) is 14.3 Å². The van der Waals surface area contributed by atoms with Gasteiger partial charge in [-0.25, -0.2) is 0 Å². The molecule has 1 aliphatic rings. The van der Waals surface area contributed by atoms with Gasteiger partial charge in [0.2, 0.25) is 12.3 Å². The number of ether oxygens (including phenoxy) is 1. The summed E-state index contributed by atoms with van der Waals surface area (Å²) in [6.45, 7) is 27.3. The molecule has 1 atom stereocenters. The van der Waals surface area contributed by atoms with Crippen LogP contribution in [0.15, 0.2) is 40.2 Å². The normalized spacial score (nSPS) is 12.9. The lowest BCUT2D eigenvalue weighted by atomic mass is 9.87. The number of aliphatic imine (C=N–C) groups is 1. The fraction of sp³-hybridized carbons (Fsp3) is 0.636. The van der Waals surface area contributed by atoms with Crippen molar-refractivity contribution in [3.05, 3.63) is 35.9 Å². The average Bonchev–Trinajstić information content (AvgIpc) is 3.05. The van der Waals surface area contributed by atoms with Gasteiger partial charge in [-0.3, -0.25) is 19.5 Å². The molecule has 248 valence electrons. The van der Waals surface area contributed by atoms with Crippen molar-refractivity contribution in [3.8, 4) is 0 Å². The van der Waals surface area contributed by atoms with Crippen LogP contribution < -0.4 is 16.8 Å². The molecule has 43 heavy (non-hydrogen) atoms. The highest BCUT2D eigenvalue weighted by Gasteiger charge is 2.26. The molecule has 1 aliphatic heterocycles. The minimum atomic E-state index is 0.144. The molecule has 10 heteroatoms. The molecule has 1 heterocycles. The van der Waals surface area contributed by atoms with Crippen LogP contribution in [0.4, 0.5) is 5.69 Å². The van der Waals surface area contributed by atoms with Gasteiger partial charge < -0.3 is 26.3 Å². The van der Waals surface area contributed by atoms with Crippen LogP contribution in [0, 0.1) is 5.92 Å². The fourth-order valence-electron chi connectivity index (χ4n) is 4.42. The topological polar surface area (TPSA) is 140 Å². The van der Waals surface area contributed by atoms with Gasteiger partial charge in [-0.05, 0) is 87.8 Å². The van der Waals surface area contributed by atoms with E-state index in [1.54, 1.807) is 11.8 Å². The molecule has 0 radical (unpaired) electrons. The highest BCUT2D eigenvalue weighted by molar-refractivity contribution is 7.99. The van der Waals surface area contributed by atoms with E-state index < -0.39 is 0 Å². The number of thioether (sulfide) groups is 1. The van der Waals surface area contributed by atoms with E-state index in [1.807, 2.05) is 26.7 Å². The first kappa shape index (κ1) is 44.9. The maximum absolute atomic E-state index is 12.9. The van der Waals surface area contributed by atoms with Crippen molar-refractivity contribution in [1.29, 1.82) is 0 Å². The van der Waals surface area contributed by atoms with Gasteiger partial charge in [0.25, 0.3) is 0 Å². The monoisotopic (exact) mass is 623 g/mol. The molecule has 0 spiro atoms. The molecule has 2 rings (SSSR count). The number of likely N-dealkylation sites (N-methyl/N-ethyl adjacent to an activating group) is 1. The maximum atomic E-state index is 12.9. The number of hydrogen-bond donors (Lipinski definition) is 3. The minimum Gasteiger partial charge on any atom is -0.381 e. The lowest BCUT2D eigenvalue weighted by Gasteiger charge is -2.32. The zero-order chi connectivity index (χ0) is 33.6. The van der Waals surface area contributed by atoms with Crippen LogP contribution in [0.5, 0.6) is 0 Å². The van der Waals surface area contributed by atoms with Crippen LogP contribution in [0.1, 0.15) is 85.1 Å². The van der Waals surface area contributed by atoms with Crippen molar-refractivity contribution in [2.75, 3.05) is 45.6 Å². The summed E-state index contributed by atoms with van der Waals surface area (Å²) in [5, 5.41) is 3.36. The lowest BCUT2D eigenvalue weighted by molar-refractivity contribution is -0.122. The van der Waals surface area contributed by atoms with Crippen molar-refractivity contribution in [1.82, 2.24) is 10.2 Å². The first-order chi connectivity index (χ1) is 20.8. The van der Waals surface area contributed by atoms with E-state index in [1.165, 1.54) is 18.2 Å². The first-order valence-corrected chi connectivity index (χ1v) is 16.3. The Bertz CT molecular complexity index is 860. The number of amides is 2. The summed E-state index contributed by atoms with van der Waals surface area (Å²) in [5.74, 6) is 1.96. The SMILES string of the molecule is C=Nc1ccc(C(C)C)cc1SCCCC(=O)NC(CC(=C)CN(CC)CC)C1CCOCC1.C=O.CC.CN.NC=O. The molecule has 2 amide bonds. The lowest BCUT2D eigenvalue weighted by Crippen LogP contribution is -2.43. The molecule has 0 aliphatic carbocycles. The number of carbonyl (C=O) groups is 3. The molecule has 0 aromatic heterocycles. The third-order valence-corrected chi connectivity index (χ3v) is 7.79. The van der Waals surface area contributed by atoms with E-state index in [2.05, 4.69) is 79.8 Å². The number of rotatable bonds is 15. The van der Waals surface area contributed by atoms with Crippen LogP contribution in [-0.4, -0.2) is 82.4 Å². The summed E-state index contributed by atoms with van der Waals surface area (Å²) in [4.78, 5) is 37.1. The summed E-state index contributed by atoms with van der Waals surface area (Å²) < 4.78 is 5.56. The molecule has 9 nitrogen and oxygen atoms in total. The Morgan fingerprint density at radius 2 is 1.74 bits per heavy atom. The summed E-state index contributed by atoms with van der Waals surface area (Å²) >= 11 is 1.76. The Morgan fingerprint density at radius 3 is 2.23 bits per heavy atom. The Hall–Kier alpha value is -2.53. The largest absolute Gasteiger partial charge is 0.381 e. The maximum Gasteiger partial charge on any atom is 0.220 e. The van der Waals surface area contributed by atoms with Crippen molar-refractivity contribution < 1.29 is 19.1 Å². The molecule has 5 N–H and O–H groups in total. The van der Waals surface area contributed by atoms with Gasteiger partial charge in [0, 0.05) is 37.1 Å². The van der Waals surface area contributed by atoms with Crippen molar-refractivity contribution in [3.63, 3.8) is 0 Å². The number of carbonyl (C=O) groups excluding carboxylic acids is 3. The van der Waals surface area contributed by atoms with Gasteiger partial charge in [0.1, 0.15) is 6.79 Å². The molecule has 1 unspecified atom stereocenters. The third kappa shape index (κ3) is 20.9. The van der Waals surface area contributed by atoms with Gasteiger partial charge in [0.15, 0.2) is 0 Å². The van der Waals surface area contributed by atoms with Gasteiger partial charge in [-0.15, -0.1) is 11.8 Å². The molecule has 1 fully saturated rings. The highest BCUT2D eigenvalue weighted by atomic mass is 32.2. The van der Waals surface area contributed by atoms with Crippen molar-refractivity contribution >= 4 is 43.3 Å². The predicted molar refractivity (Wildman–Crippen MR) is 186 cm³/mol. The Balaban J connectivity index is -0.00000160. The standard InChI is InChI=1S/C28H45N3O2S.C2H6.CH3NO.CH5N.CH2O/c1-7-31(8-2)20-22(5)18-26(23-13-15-33-16-14-23)30-28(32)10-9-17-34-27-19-24(21(3)4)11-12-25(27)29-6;1-2;2-1-3;2*1-2/h11-12,19,21,23,26H,5-10,13-18,20H2,1-4H3,(H,30,32);1-2H3;1H,(H2,2,3);2H2,1H3;1H2. The number of nitrogens with one attached hydrogen (secondary N) is 1. The first-order valence-electron chi connectivity index (χ1n) is 15.3. The smallest absolute Gasteiger partial charge is 0.220 e. The molecule has 1 saturated heterocycles. The molecular formula is C33H61N5O4S. The molecule has 1 aromatic rings. The Kier molecular flexibility index (Phi) is 32.3. The van der Waals surface area contributed by atoms with E-state index in [0.29, 0.717) is 18.3 Å². The predicted octanol–water partition coefficient (Wildman–Crippen LogP) is 5.73. The highest BCUT2D eigenvalue weighted by Crippen LogP contribution is 2.33. The zero-order valence-electron chi connectivity index (χ0n) is 28.0. The number of hydrogen-bond acceptors (Lipinski definition) is 8. The summed E-state index contributed by atoms with van der Waals surface area (Å²) in [5.41, 5.74) is 12.1. The summed E-state index contributed by atoms with van der Waals surface area (Å²) in [6, 6.07) is 6.52. The van der Waals surface area contributed by atoms with Gasteiger partial charge in [-0.1, -0.05) is 59.8 Å². The zero-order valence-corrected chi connectivity index (χ0v) is 28.8. The van der Waals surface area contributed by atoms with Crippen LogP contribution in [-0.2, 0) is 19.1 Å². The Labute approximate surface area is 266 Å².